The van der Waals surface area contributed by atoms with Crippen LogP contribution in [0.3, 0.4) is 0 Å². The second-order valence-corrected chi connectivity index (χ2v) is 4.18. The van der Waals surface area contributed by atoms with Crippen molar-refractivity contribution in [1.82, 2.24) is 0 Å². The van der Waals surface area contributed by atoms with Crippen LogP contribution in [0.25, 0.3) is 0 Å². The van der Waals surface area contributed by atoms with Gasteiger partial charge in [0, 0.05) is 5.02 Å². The molecule has 0 fully saturated rings. The molecule has 0 bridgehead atoms. The molecule has 0 saturated heterocycles. The van der Waals surface area contributed by atoms with Crippen LogP contribution in [0, 0.1) is 6.07 Å². The number of amides is 1. The Labute approximate surface area is 115 Å². The highest BCUT2D eigenvalue weighted by molar-refractivity contribution is 6.31. The quantitative estimate of drug-likeness (QED) is 0.906. The van der Waals surface area contributed by atoms with Crippen molar-refractivity contribution < 1.29 is 14.6 Å². The topological polar surface area (TPSA) is 58.6 Å². The number of phenolic OH excluding ortho intramolecular Hbond substituents is 1. The van der Waals surface area contributed by atoms with Crippen LogP contribution >= 0.6 is 11.6 Å². The molecule has 97 valence electrons. The summed E-state index contributed by atoms with van der Waals surface area (Å²) in [5.74, 6) is -0.0932. The Hall–Kier alpha value is -2.20. The molecule has 19 heavy (non-hydrogen) atoms. The molecule has 5 heteroatoms. The highest BCUT2D eigenvalue weighted by Gasteiger charge is 2.13. The van der Waals surface area contributed by atoms with Crippen molar-refractivity contribution >= 4 is 23.2 Å². The summed E-state index contributed by atoms with van der Waals surface area (Å²) in [6.45, 7) is 0. The highest BCUT2D eigenvalue weighted by atomic mass is 35.5. The second-order valence-electron chi connectivity index (χ2n) is 3.74. The number of carbonyl (C=O) groups excluding carboxylic acids is 1. The van der Waals surface area contributed by atoms with Crippen LogP contribution in [0.1, 0.15) is 10.4 Å². The minimum Gasteiger partial charge on any atom is -0.507 e. The molecule has 2 aromatic carbocycles. The van der Waals surface area contributed by atoms with Gasteiger partial charge in [-0.2, -0.15) is 0 Å². The summed E-state index contributed by atoms with van der Waals surface area (Å²) in [7, 11) is 1.49. The fourth-order valence-corrected chi connectivity index (χ4v) is 1.74. The van der Waals surface area contributed by atoms with Crippen LogP contribution in [-0.2, 0) is 0 Å². The normalized spacial score (nSPS) is 10.0. The first kappa shape index (κ1) is 13.2. The number of aromatic hydroxyl groups is 1. The molecule has 0 aliphatic heterocycles. The molecule has 4 nitrogen and oxygen atoms in total. The first-order valence-corrected chi connectivity index (χ1v) is 5.83. The first-order chi connectivity index (χ1) is 9.11. The van der Waals surface area contributed by atoms with Crippen LogP contribution in [0.15, 0.2) is 36.4 Å². The van der Waals surface area contributed by atoms with E-state index < -0.39 is 5.91 Å². The van der Waals surface area contributed by atoms with Crippen molar-refractivity contribution in [2.45, 2.75) is 0 Å². The average Bonchev–Trinajstić information content (AvgIpc) is 2.39. The number of halogens is 1. The first-order valence-electron chi connectivity index (χ1n) is 5.46. The van der Waals surface area contributed by atoms with Crippen molar-refractivity contribution in [1.29, 1.82) is 0 Å². The van der Waals surface area contributed by atoms with Gasteiger partial charge in [-0.25, -0.2) is 0 Å². The van der Waals surface area contributed by atoms with E-state index in [1.807, 2.05) is 0 Å². The molecular formula is C14H11ClNO3. The monoisotopic (exact) mass is 276 g/mol. The molecular weight excluding hydrogens is 266 g/mol. The largest absolute Gasteiger partial charge is 0.507 e. The fourth-order valence-electron chi connectivity index (χ4n) is 1.57. The number of hydrogen-bond donors (Lipinski definition) is 2. The van der Waals surface area contributed by atoms with Crippen LogP contribution in [0.5, 0.6) is 11.5 Å². The number of hydrogen-bond acceptors (Lipinski definition) is 3. The SMILES string of the molecule is COc1ccc(Cl)cc1NC(=O)c1c[c]ccc1O. The van der Waals surface area contributed by atoms with E-state index in [0.29, 0.717) is 16.5 Å². The lowest BCUT2D eigenvalue weighted by Crippen LogP contribution is -2.12. The lowest BCUT2D eigenvalue weighted by molar-refractivity contribution is 0.102. The van der Waals surface area contributed by atoms with Crippen molar-refractivity contribution in [2.75, 3.05) is 12.4 Å². The van der Waals surface area contributed by atoms with Crippen molar-refractivity contribution in [3.05, 3.63) is 53.1 Å². The number of anilines is 1. The van der Waals surface area contributed by atoms with E-state index in [1.165, 1.54) is 25.3 Å². The van der Waals surface area contributed by atoms with Crippen LogP contribution in [0.2, 0.25) is 5.02 Å². The standard InChI is InChI=1S/C14H11ClNO3/c1-19-13-7-6-9(15)8-11(13)16-14(18)10-4-2-3-5-12(10)17/h3-8,17H,1H3,(H,16,18). The maximum atomic E-state index is 12.0. The van der Waals surface area contributed by atoms with E-state index in [1.54, 1.807) is 18.2 Å². The highest BCUT2D eigenvalue weighted by Crippen LogP contribution is 2.28. The van der Waals surface area contributed by atoms with Crippen molar-refractivity contribution in [3.8, 4) is 11.5 Å². The molecule has 0 saturated carbocycles. The van der Waals surface area contributed by atoms with Crippen molar-refractivity contribution in [3.63, 3.8) is 0 Å². The number of methoxy groups -OCH3 is 1. The number of carbonyl (C=O) groups is 1. The van der Waals surface area contributed by atoms with Gasteiger partial charge >= 0.3 is 0 Å². The summed E-state index contributed by atoms with van der Waals surface area (Å²) in [5.41, 5.74) is 0.563. The van der Waals surface area contributed by atoms with Gasteiger partial charge in [-0.1, -0.05) is 17.7 Å². The summed E-state index contributed by atoms with van der Waals surface area (Å²) < 4.78 is 5.12. The van der Waals surface area contributed by atoms with Gasteiger partial charge in [-0.05, 0) is 36.4 Å². The van der Waals surface area contributed by atoms with Gasteiger partial charge in [-0.3, -0.25) is 4.79 Å². The van der Waals surface area contributed by atoms with E-state index in [4.69, 9.17) is 16.3 Å². The summed E-state index contributed by atoms with van der Waals surface area (Å²) in [6.07, 6.45) is 0. The summed E-state index contributed by atoms with van der Waals surface area (Å²) >= 11 is 5.87. The average molecular weight is 277 g/mol. The van der Waals surface area contributed by atoms with Gasteiger partial charge in [-0.15, -0.1) is 0 Å². The lowest BCUT2D eigenvalue weighted by Gasteiger charge is -2.11. The molecule has 2 N–H and O–H groups in total. The third-order valence-electron chi connectivity index (χ3n) is 2.50. The Kier molecular flexibility index (Phi) is 3.92. The molecule has 0 heterocycles. The molecule has 0 aromatic heterocycles. The van der Waals surface area contributed by atoms with Crippen LogP contribution < -0.4 is 10.1 Å². The van der Waals surface area contributed by atoms with Gasteiger partial charge in [0.2, 0.25) is 0 Å². The molecule has 0 spiro atoms. The number of ether oxygens (including phenoxy) is 1. The van der Waals surface area contributed by atoms with Crippen molar-refractivity contribution in [2.24, 2.45) is 0 Å². The van der Waals surface area contributed by atoms with Crippen LogP contribution in [0.4, 0.5) is 5.69 Å². The fraction of sp³-hybridized carbons (Fsp3) is 0.0714. The Balaban J connectivity index is 2.29. The zero-order valence-corrected chi connectivity index (χ0v) is 10.9. The van der Waals surface area contributed by atoms with Gasteiger partial charge in [0.15, 0.2) is 0 Å². The maximum absolute atomic E-state index is 12.0. The predicted octanol–water partition coefficient (Wildman–Crippen LogP) is 3.11. The van der Waals surface area contributed by atoms with E-state index in [2.05, 4.69) is 11.4 Å². The number of phenols is 1. The number of nitrogens with one attached hydrogen (secondary N) is 1. The smallest absolute Gasteiger partial charge is 0.259 e. The van der Waals surface area contributed by atoms with Gasteiger partial charge < -0.3 is 15.2 Å². The Morgan fingerprint density at radius 3 is 2.89 bits per heavy atom. The van der Waals surface area contributed by atoms with Crippen LogP contribution in [-0.4, -0.2) is 18.1 Å². The van der Waals surface area contributed by atoms with E-state index in [9.17, 15) is 9.90 Å². The van der Waals surface area contributed by atoms with Gasteiger partial charge in [0.1, 0.15) is 11.5 Å². The molecule has 2 rings (SSSR count). The van der Waals surface area contributed by atoms with E-state index >= 15 is 0 Å². The maximum Gasteiger partial charge on any atom is 0.259 e. The van der Waals surface area contributed by atoms with Gasteiger partial charge in [0.05, 0.1) is 18.4 Å². The number of benzene rings is 2. The third kappa shape index (κ3) is 2.98. The Morgan fingerprint density at radius 2 is 2.21 bits per heavy atom. The summed E-state index contributed by atoms with van der Waals surface area (Å²) in [6, 6.07) is 11.9. The zero-order valence-electron chi connectivity index (χ0n) is 10.1. The van der Waals surface area contributed by atoms with E-state index in [-0.39, 0.29) is 11.3 Å². The third-order valence-corrected chi connectivity index (χ3v) is 2.73. The molecule has 0 aliphatic carbocycles. The molecule has 2 aromatic rings. The van der Waals surface area contributed by atoms with Gasteiger partial charge in [0.25, 0.3) is 5.91 Å². The zero-order chi connectivity index (χ0) is 13.8. The number of rotatable bonds is 3. The molecule has 0 aliphatic rings. The summed E-state index contributed by atoms with van der Waals surface area (Å²) in [4.78, 5) is 12.0. The second kappa shape index (κ2) is 5.63. The molecule has 1 amide bonds. The lowest BCUT2D eigenvalue weighted by atomic mass is 10.2. The molecule has 0 unspecified atom stereocenters. The predicted molar refractivity (Wildman–Crippen MR) is 72.9 cm³/mol. The molecule has 0 atom stereocenters. The minimum atomic E-state index is -0.463. The van der Waals surface area contributed by atoms with E-state index in [0.717, 1.165) is 0 Å². The Morgan fingerprint density at radius 1 is 1.42 bits per heavy atom. The Bertz CT molecular complexity index is 613. The summed E-state index contributed by atoms with van der Waals surface area (Å²) in [5, 5.41) is 12.7. The minimum absolute atomic E-state index is 0.114. The molecule has 1 radical (unpaired) electrons.